The lowest BCUT2D eigenvalue weighted by atomic mass is 10.2. The van der Waals surface area contributed by atoms with Crippen LogP contribution < -0.4 is 14.8 Å². The van der Waals surface area contributed by atoms with Gasteiger partial charge in [-0.3, -0.25) is 10.1 Å². The summed E-state index contributed by atoms with van der Waals surface area (Å²) >= 11 is 0. The van der Waals surface area contributed by atoms with E-state index < -0.39 is 4.92 Å². The fourth-order valence-electron chi connectivity index (χ4n) is 2.09. The third-order valence-electron chi connectivity index (χ3n) is 3.17. The molecule has 0 atom stereocenters. The van der Waals surface area contributed by atoms with Crippen molar-refractivity contribution in [3.63, 3.8) is 0 Å². The second kappa shape index (κ2) is 5.28. The zero-order chi connectivity index (χ0) is 14.8. The number of anilines is 1. The lowest BCUT2D eigenvalue weighted by molar-refractivity contribution is -0.385. The average molecular weight is 287 g/mol. The van der Waals surface area contributed by atoms with E-state index in [0.29, 0.717) is 18.1 Å². The maximum Gasteiger partial charge on any atom is 0.290 e. The van der Waals surface area contributed by atoms with E-state index in [1.54, 1.807) is 13.0 Å². The number of nitrogens with zero attached hydrogens (tertiary/aromatic N) is 2. The summed E-state index contributed by atoms with van der Waals surface area (Å²) in [6.07, 6.45) is 0. The van der Waals surface area contributed by atoms with Crippen LogP contribution in [0.25, 0.3) is 0 Å². The number of nitro groups is 1. The van der Waals surface area contributed by atoms with Crippen LogP contribution in [0.5, 0.6) is 11.5 Å². The van der Waals surface area contributed by atoms with Crippen molar-refractivity contribution in [1.82, 2.24) is 4.98 Å². The van der Waals surface area contributed by atoms with Gasteiger partial charge in [0.2, 0.25) is 6.79 Å². The van der Waals surface area contributed by atoms with Crippen molar-refractivity contribution in [2.45, 2.75) is 13.5 Å². The van der Waals surface area contributed by atoms with Crippen molar-refractivity contribution in [1.29, 1.82) is 0 Å². The number of hydrogen-bond acceptors (Lipinski definition) is 6. The molecule has 1 aliphatic rings. The molecule has 21 heavy (non-hydrogen) atoms. The molecular weight excluding hydrogens is 274 g/mol. The number of rotatable bonds is 4. The van der Waals surface area contributed by atoms with Crippen LogP contribution in [0.1, 0.15) is 11.3 Å². The molecule has 1 aromatic carbocycles. The van der Waals surface area contributed by atoms with Gasteiger partial charge in [-0.05, 0) is 30.7 Å². The van der Waals surface area contributed by atoms with Crippen molar-refractivity contribution in [2.75, 3.05) is 12.1 Å². The monoisotopic (exact) mass is 287 g/mol. The van der Waals surface area contributed by atoms with E-state index in [1.807, 2.05) is 18.2 Å². The fraction of sp³-hybridized carbons (Fsp3) is 0.214. The highest BCUT2D eigenvalue weighted by Gasteiger charge is 2.14. The number of fused-ring (bicyclic) bond motifs is 1. The van der Waals surface area contributed by atoms with Crippen molar-refractivity contribution in [3.8, 4) is 11.5 Å². The highest BCUT2D eigenvalue weighted by atomic mass is 16.7. The summed E-state index contributed by atoms with van der Waals surface area (Å²) < 4.78 is 10.6. The van der Waals surface area contributed by atoms with Gasteiger partial charge in [-0.2, -0.15) is 0 Å². The van der Waals surface area contributed by atoms with E-state index in [0.717, 1.165) is 17.1 Å². The Balaban J connectivity index is 1.70. The molecule has 0 radical (unpaired) electrons. The van der Waals surface area contributed by atoms with Gasteiger partial charge in [-0.15, -0.1) is 0 Å². The smallest absolute Gasteiger partial charge is 0.290 e. The molecule has 2 heterocycles. The Labute approximate surface area is 120 Å². The molecule has 0 spiro atoms. The van der Waals surface area contributed by atoms with Crippen LogP contribution in [-0.2, 0) is 6.54 Å². The van der Waals surface area contributed by atoms with Crippen LogP contribution in [0.3, 0.4) is 0 Å². The molecule has 7 nitrogen and oxygen atoms in total. The molecule has 0 unspecified atom stereocenters. The molecule has 0 amide bonds. The Hall–Kier alpha value is -2.83. The minimum absolute atomic E-state index is 0.0172. The topological polar surface area (TPSA) is 86.5 Å². The Morgan fingerprint density at radius 1 is 1.29 bits per heavy atom. The second-order valence-electron chi connectivity index (χ2n) is 4.60. The molecular formula is C14H13N3O4. The molecule has 0 saturated carbocycles. The first-order valence-electron chi connectivity index (χ1n) is 6.38. The fourth-order valence-corrected chi connectivity index (χ4v) is 2.09. The maximum atomic E-state index is 10.7. The third-order valence-corrected chi connectivity index (χ3v) is 3.17. The van der Waals surface area contributed by atoms with Gasteiger partial charge in [0.25, 0.3) is 5.69 Å². The molecule has 0 aliphatic carbocycles. The van der Waals surface area contributed by atoms with Crippen molar-refractivity contribution >= 4 is 11.5 Å². The highest BCUT2D eigenvalue weighted by Crippen LogP contribution is 2.32. The van der Waals surface area contributed by atoms with Gasteiger partial charge in [0.15, 0.2) is 11.5 Å². The Kier molecular flexibility index (Phi) is 3.31. The number of pyridine rings is 1. The summed E-state index contributed by atoms with van der Waals surface area (Å²) in [6.45, 7) is 2.40. The van der Waals surface area contributed by atoms with Crippen molar-refractivity contribution in [2.24, 2.45) is 0 Å². The molecule has 2 aromatic rings. The molecule has 1 N–H and O–H groups in total. The van der Waals surface area contributed by atoms with Gasteiger partial charge in [-0.25, -0.2) is 4.98 Å². The highest BCUT2D eigenvalue weighted by molar-refractivity contribution is 5.47. The van der Waals surface area contributed by atoms with Gasteiger partial charge < -0.3 is 14.8 Å². The molecule has 0 fully saturated rings. The quantitative estimate of drug-likeness (QED) is 0.687. The first-order valence-corrected chi connectivity index (χ1v) is 6.38. The van der Waals surface area contributed by atoms with Crippen LogP contribution in [0.4, 0.5) is 11.5 Å². The van der Waals surface area contributed by atoms with Crippen molar-refractivity contribution in [3.05, 3.63) is 51.7 Å². The zero-order valence-corrected chi connectivity index (χ0v) is 11.3. The average Bonchev–Trinajstić information content (AvgIpc) is 2.92. The predicted molar refractivity (Wildman–Crippen MR) is 75.5 cm³/mol. The lowest BCUT2D eigenvalue weighted by Gasteiger charge is -2.07. The summed E-state index contributed by atoms with van der Waals surface area (Å²) in [4.78, 5) is 14.5. The normalized spacial score (nSPS) is 12.2. The summed E-state index contributed by atoms with van der Waals surface area (Å²) in [5.41, 5.74) is 1.41. The zero-order valence-electron chi connectivity index (χ0n) is 11.3. The number of ether oxygens (including phenoxy) is 2. The van der Waals surface area contributed by atoms with E-state index >= 15 is 0 Å². The standard InChI is InChI=1S/C14H13N3O4/c1-9-11(17(18)19)3-5-14(16-9)15-7-10-2-4-12-13(6-10)21-8-20-12/h2-6H,7-8H2,1H3,(H,15,16). The molecule has 3 rings (SSSR count). The van der Waals surface area contributed by atoms with Crippen LogP contribution in [0, 0.1) is 17.0 Å². The van der Waals surface area contributed by atoms with Gasteiger partial charge in [0.05, 0.1) is 4.92 Å². The van der Waals surface area contributed by atoms with Crippen LogP contribution in [0.15, 0.2) is 30.3 Å². The minimum Gasteiger partial charge on any atom is -0.454 e. The van der Waals surface area contributed by atoms with E-state index in [-0.39, 0.29) is 12.5 Å². The number of aryl methyl sites for hydroxylation is 1. The van der Waals surface area contributed by atoms with E-state index in [2.05, 4.69) is 10.3 Å². The summed E-state index contributed by atoms with van der Waals surface area (Å²) in [7, 11) is 0. The number of benzene rings is 1. The Morgan fingerprint density at radius 2 is 2.10 bits per heavy atom. The first-order chi connectivity index (χ1) is 10.1. The number of aromatic nitrogens is 1. The van der Waals surface area contributed by atoms with Gasteiger partial charge in [0, 0.05) is 12.6 Å². The SMILES string of the molecule is Cc1nc(NCc2ccc3c(c2)OCO3)ccc1[N+](=O)[O-]. The molecule has 0 bridgehead atoms. The number of hydrogen-bond donors (Lipinski definition) is 1. The molecule has 7 heteroatoms. The second-order valence-corrected chi connectivity index (χ2v) is 4.60. The van der Waals surface area contributed by atoms with Crippen LogP contribution in [0.2, 0.25) is 0 Å². The van der Waals surface area contributed by atoms with Crippen LogP contribution >= 0.6 is 0 Å². The molecule has 0 saturated heterocycles. The van der Waals surface area contributed by atoms with E-state index in [1.165, 1.54) is 6.07 Å². The summed E-state index contributed by atoms with van der Waals surface area (Å²) in [6, 6.07) is 8.72. The Bertz CT molecular complexity index is 703. The molecule has 1 aliphatic heterocycles. The lowest BCUT2D eigenvalue weighted by Crippen LogP contribution is -2.03. The third kappa shape index (κ3) is 2.71. The summed E-state index contributed by atoms with van der Waals surface area (Å²) in [5, 5.41) is 13.9. The first kappa shape index (κ1) is 13.2. The van der Waals surface area contributed by atoms with E-state index in [4.69, 9.17) is 9.47 Å². The molecule has 1 aromatic heterocycles. The predicted octanol–water partition coefficient (Wildman–Crippen LogP) is 2.64. The Morgan fingerprint density at radius 3 is 2.86 bits per heavy atom. The van der Waals surface area contributed by atoms with E-state index in [9.17, 15) is 10.1 Å². The molecule has 108 valence electrons. The van der Waals surface area contributed by atoms with Gasteiger partial charge in [0.1, 0.15) is 11.5 Å². The largest absolute Gasteiger partial charge is 0.454 e. The van der Waals surface area contributed by atoms with Crippen molar-refractivity contribution < 1.29 is 14.4 Å². The summed E-state index contributed by atoms with van der Waals surface area (Å²) in [5.74, 6) is 2.06. The van der Waals surface area contributed by atoms with Gasteiger partial charge in [-0.1, -0.05) is 6.07 Å². The number of nitrogens with one attached hydrogen (secondary N) is 1. The van der Waals surface area contributed by atoms with Crippen LogP contribution in [-0.4, -0.2) is 16.7 Å². The minimum atomic E-state index is -0.441. The van der Waals surface area contributed by atoms with Gasteiger partial charge >= 0.3 is 0 Å². The maximum absolute atomic E-state index is 10.7.